The van der Waals surface area contributed by atoms with Crippen molar-refractivity contribution >= 4 is 70.9 Å². The maximum absolute atomic E-state index is 2.41. The monoisotopic (exact) mass is 875 g/mol. The molecule has 0 fully saturated rings. The standard InChI is InChI=1S/C68H45N/c1-3-16-46(17-4-1)51-22-14-25-56(43-51)69(55-37-34-49(35-38-55)66-44-54-21-8-9-26-58(54)62-28-11-12-29-63(62)66)57-39-41-60(47-18-5-2-6-19-47)67(45-57)53-24-13-23-52(42-53)59-30-15-31-65-64(59)40-36-50-33-32-48-20-7-10-27-61(48)68(50)65/h1-45H. The normalized spacial score (nSPS) is 11.5. The van der Waals surface area contributed by atoms with Gasteiger partial charge in [-0.15, -0.1) is 0 Å². The van der Waals surface area contributed by atoms with E-state index in [1.807, 2.05) is 0 Å². The molecule has 1 heteroatoms. The Labute approximate surface area is 402 Å². The third-order valence-electron chi connectivity index (χ3n) is 14.0. The molecule has 0 aliphatic heterocycles. The van der Waals surface area contributed by atoms with E-state index in [2.05, 4.69) is 278 Å². The summed E-state index contributed by atoms with van der Waals surface area (Å²) >= 11 is 0. The lowest BCUT2D eigenvalue weighted by molar-refractivity contribution is 1.28. The zero-order valence-electron chi connectivity index (χ0n) is 37.9. The summed E-state index contributed by atoms with van der Waals surface area (Å²) in [5, 5.41) is 12.7. The first-order valence-corrected chi connectivity index (χ1v) is 23.8. The highest BCUT2D eigenvalue weighted by Gasteiger charge is 2.19. The van der Waals surface area contributed by atoms with Crippen molar-refractivity contribution in [3.63, 3.8) is 0 Å². The van der Waals surface area contributed by atoms with Crippen LogP contribution in [0, 0.1) is 0 Å². The number of rotatable bonds is 8. The number of hydrogen-bond acceptors (Lipinski definition) is 1. The molecule has 0 aromatic heterocycles. The molecule has 0 unspecified atom stereocenters. The van der Waals surface area contributed by atoms with E-state index in [0.29, 0.717) is 0 Å². The fourth-order valence-electron chi connectivity index (χ4n) is 10.7. The van der Waals surface area contributed by atoms with Crippen LogP contribution in [0.3, 0.4) is 0 Å². The molecule has 1 nitrogen and oxygen atoms in total. The molecule has 0 aliphatic rings. The molecule has 13 rings (SSSR count). The van der Waals surface area contributed by atoms with Crippen molar-refractivity contribution in [3.8, 4) is 55.6 Å². The van der Waals surface area contributed by atoms with Gasteiger partial charge in [0, 0.05) is 17.1 Å². The van der Waals surface area contributed by atoms with Gasteiger partial charge in [0.2, 0.25) is 0 Å². The highest BCUT2D eigenvalue weighted by molar-refractivity contribution is 6.22. The van der Waals surface area contributed by atoms with Gasteiger partial charge in [-0.25, -0.2) is 0 Å². The van der Waals surface area contributed by atoms with Gasteiger partial charge in [-0.2, -0.15) is 0 Å². The van der Waals surface area contributed by atoms with Crippen molar-refractivity contribution in [2.24, 2.45) is 0 Å². The van der Waals surface area contributed by atoms with Crippen LogP contribution in [-0.4, -0.2) is 0 Å². The Balaban J connectivity index is 0.980. The fourth-order valence-corrected chi connectivity index (χ4v) is 10.7. The second-order valence-electron chi connectivity index (χ2n) is 18.0. The largest absolute Gasteiger partial charge is 0.310 e. The molecule has 0 radical (unpaired) electrons. The Kier molecular flexibility index (Phi) is 9.91. The maximum Gasteiger partial charge on any atom is 0.0468 e. The van der Waals surface area contributed by atoms with Gasteiger partial charge in [0.05, 0.1) is 0 Å². The lowest BCUT2D eigenvalue weighted by atomic mass is 9.89. The maximum atomic E-state index is 2.41. The quantitative estimate of drug-likeness (QED) is 0.138. The minimum Gasteiger partial charge on any atom is -0.310 e. The van der Waals surface area contributed by atoms with Crippen molar-refractivity contribution in [3.05, 3.63) is 273 Å². The number of fused-ring (bicyclic) bond motifs is 8. The van der Waals surface area contributed by atoms with E-state index in [0.717, 1.165) is 22.6 Å². The Bertz CT molecular complexity index is 4060. The molecule has 0 aliphatic carbocycles. The van der Waals surface area contributed by atoms with Crippen LogP contribution in [0.5, 0.6) is 0 Å². The van der Waals surface area contributed by atoms with E-state index in [1.54, 1.807) is 0 Å². The number of nitrogens with zero attached hydrogens (tertiary/aromatic N) is 1. The van der Waals surface area contributed by atoms with E-state index < -0.39 is 0 Å². The van der Waals surface area contributed by atoms with Gasteiger partial charge in [0.1, 0.15) is 0 Å². The second-order valence-corrected chi connectivity index (χ2v) is 18.0. The van der Waals surface area contributed by atoms with Gasteiger partial charge in [-0.05, 0) is 158 Å². The molecule has 0 saturated heterocycles. The highest BCUT2D eigenvalue weighted by Crippen LogP contribution is 2.44. The lowest BCUT2D eigenvalue weighted by Gasteiger charge is -2.27. The molecule has 0 saturated carbocycles. The zero-order chi connectivity index (χ0) is 45.7. The van der Waals surface area contributed by atoms with Crippen LogP contribution < -0.4 is 4.90 Å². The van der Waals surface area contributed by atoms with E-state index in [9.17, 15) is 0 Å². The summed E-state index contributed by atoms with van der Waals surface area (Å²) in [4.78, 5) is 2.41. The molecule has 322 valence electrons. The van der Waals surface area contributed by atoms with Crippen LogP contribution in [0.4, 0.5) is 17.1 Å². The van der Waals surface area contributed by atoms with Gasteiger partial charge >= 0.3 is 0 Å². The minimum absolute atomic E-state index is 1.08. The van der Waals surface area contributed by atoms with Gasteiger partial charge in [-0.3, -0.25) is 0 Å². The summed E-state index contributed by atoms with van der Waals surface area (Å²) in [6.07, 6.45) is 0. The number of anilines is 3. The van der Waals surface area contributed by atoms with Crippen molar-refractivity contribution in [2.45, 2.75) is 0 Å². The first-order valence-electron chi connectivity index (χ1n) is 23.8. The molecule has 0 atom stereocenters. The topological polar surface area (TPSA) is 3.24 Å². The fraction of sp³-hybridized carbons (Fsp3) is 0. The average molecular weight is 876 g/mol. The smallest absolute Gasteiger partial charge is 0.0468 e. The van der Waals surface area contributed by atoms with Crippen LogP contribution in [0.15, 0.2) is 273 Å². The average Bonchev–Trinajstić information content (AvgIpc) is 3.43. The van der Waals surface area contributed by atoms with Crippen LogP contribution in [0.1, 0.15) is 0 Å². The molecule has 0 N–H and O–H groups in total. The minimum atomic E-state index is 1.08. The van der Waals surface area contributed by atoms with Gasteiger partial charge in [0.15, 0.2) is 0 Å². The van der Waals surface area contributed by atoms with E-state index in [4.69, 9.17) is 0 Å². The van der Waals surface area contributed by atoms with Gasteiger partial charge in [0.25, 0.3) is 0 Å². The van der Waals surface area contributed by atoms with Crippen molar-refractivity contribution < 1.29 is 0 Å². The summed E-state index contributed by atoms with van der Waals surface area (Å²) in [7, 11) is 0. The summed E-state index contributed by atoms with van der Waals surface area (Å²) in [5.41, 5.74) is 15.1. The molecule has 0 amide bonds. The molecule has 0 spiro atoms. The van der Waals surface area contributed by atoms with Crippen LogP contribution >= 0.6 is 0 Å². The summed E-state index contributed by atoms with van der Waals surface area (Å²) in [5.74, 6) is 0. The SMILES string of the molecule is c1ccc(-c2cccc(N(c3ccc(-c4cc5ccccc5c5ccccc45)cc3)c3ccc(-c4ccccc4)c(-c4cccc(-c5cccc6c5ccc5ccc7ccccc7c56)c4)c3)c2)cc1. The number of benzene rings is 13. The molecular weight excluding hydrogens is 831 g/mol. The second kappa shape index (κ2) is 17.0. The van der Waals surface area contributed by atoms with Crippen molar-refractivity contribution in [2.75, 3.05) is 4.90 Å². The van der Waals surface area contributed by atoms with Gasteiger partial charge < -0.3 is 4.90 Å². The molecule has 0 bridgehead atoms. The van der Waals surface area contributed by atoms with E-state index in [-0.39, 0.29) is 0 Å². The third kappa shape index (κ3) is 7.20. The third-order valence-corrected chi connectivity index (χ3v) is 14.0. The molecule has 13 aromatic rings. The summed E-state index contributed by atoms with van der Waals surface area (Å²) in [6, 6.07) is 100. The first-order chi connectivity index (χ1) is 34.2. The van der Waals surface area contributed by atoms with E-state index in [1.165, 1.54) is 104 Å². The van der Waals surface area contributed by atoms with Crippen LogP contribution in [-0.2, 0) is 0 Å². The van der Waals surface area contributed by atoms with Gasteiger partial charge in [-0.1, -0.05) is 224 Å². The van der Waals surface area contributed by atoms with Crippen LogP contribution in [0.2, 0.25) is 0 Å². The first kappa shape index (κ1) is 40.3. The highest BCUT2D eigenvalue weighted by atomic mass is 15.1. The summed E-state index contributed by atoms with van der Waals surface area (Å²) < 4.78 is 0. The van der Waals surface area contributed by atoms with Crippen LogP contribution in [0.25, 0.3) is 109 Å². The molecule has 0 heterocycles. The number of hydrogen-bond donors (Lipinski definition) is 0. The molecular formula is C68H45N. The Morgan fingerprint density at radius 1 is 0.188 bits per heavy atom. The van der Waals surface area contributed by atoms with E-state index >= 15 is 0 Å². The predicted octanol–water partition coefficient (Wildman–Crippen LogP) is 19.3. The predicted molar refractivity (Wildman–Crippen MR) is 296 cm³/mol. The Morgan fingerprint density at radius 2 is 0.725 bits per heavy atom. The van der Waals surface area contributed by atoms with Crippen molar-refractivity contribution in [1.29, 1.82) is 0 Å². The lowest BCUT2D eigenvalue weighted by Crippen LogP contribution is -2.10. The zero-order valence-corrected chi connectivity index (χ0v) is 37.9. The van der Waals surface area contributed by atoms with Crippen molar-refractivity contribution in [1.82, 2.24) is 0 Å². The molecule has 13 aromatic carbocycles. The Morgan fingerprint density at radius 3 is 1.54 bits per heavy atom. The Hall–Kier alpha value is -9.04. The summed E-state index contributed by atoms with van der Waals surface area (Å²) in [6.45, 7) is 0. The molecule has 69 heavy (non-hydrogen) atoms.